The summed E-state index contributed by atoms with van der Waals surface area (Å²) in [5, 5.41) is 0. The van der Waals surface area contributed by atoms with Gasteiger partial charge in [-0.25, -0.2) is 0 Å². The lowest BCUT2D eigenvalue weighted by molar-refractivity contribution is -0.143. The predicted octanol–water partition coefficient (Wildman–Crippen LogP) is 0.980. The lowest BCUT2D eigenvalue weighted by Crippen LogP contribution is -2.12. The highest BCUT2D eigenvalue weighted by Gasteiger charge is 2.62. The molecule has 84 valence electrons. The van der Waals surface area contributed by atoms with Crippen molar-refractivity contribution in [2.24, 2.45) is 17.3 Å². The van der Waals surface area contributed by atoms with Gasteiger partial charge in [-0.1, -0.05) is 13.8 Å². The Balaban J connectivity index is 2.63. The van der Waals surface area contributed by atoms with Crippen molar-refractivity contribution in [3.05, 3.63) is 0 Å². The Bertz CT molecular complexity index is 317. The van der Waals surface area contributed by atoms with Crippen LogP contribution in [0, 0.1) is 17.3 Å². The van der Waals surface area contributed by atoms with Crippen LogP contribution >= 0.6 is 0 Å². The number of carbonyl (C=O) groups is 3. The first-order chi connectivity index (χ1) is 6.82. The third kappa shape index (κ3) is 2.08. The lowest BCUT2D eigenvalue weighted by Gasteiger charge is -1.99. The Labute approximate surface area is 89.0 Å². The summed E-state index contributed by atoms with van der Waals surface area (Å²) in [6, 6.07) is 0. The minimum Gasteiger partial charge on any atom is -0.469 e. The minimum atomic E-state index is -0.443. The first kappa shape index (κ1) is 11.9. The molecule has 1 aliphatic rings. The van der Waals surface area contributed by atoms with Gasteiger partial charge in [0.15, 0.2) is 11.6 Å². The molecule has 0 aliphatic heterocycles. The summed E-state index contributed by atoms with van der Waals surface area (Å²) in [5.74, 6) is -1.44. The van der Waals surface area contributed by atoms with Gasteiger partial charge >= 0.3 is 5.97 Å². The number of ether oxygens (including phenoxy) is 1. The number of ketones is 2. The molecule has 2 atom stereocenters. The third-order valence-corrected chi connectivity index (χ3v) is 3.30. The Kier molecular flexibility index (Phi) is 2.98. The Hall–Kier alpha value is -1.19. The van der Waals surface area contributed by atoms with Crippen LogP contribution in [0.5, 0.6) is 0 Å². The first-order valence-corrected chi connectivity index (χ1v) is 4.94. The van der Waals surface area contributed by atoms with Crippen LogP contribution in [0.2, 0.25) is 0 Å². The molecule has 1 rings (SSSR count). The molecule has 1 saturated carbocycles. The van der Waals surface area contributed by atoms with E-state index in [1.54, 1.807) is 0 Å². The van der Waals surface area contributed by atoms with Gasteiger partial charge in [0.05, 0.1) is 13.0 Å². The van der Waals surface area contributed by atoms with Crippen molar-refractivity contribution < 1.29 is 19.1 Å². The molecule has 0 N–H and O–H groups in total. The molecule has 0 aromatic carbocycles. The second-order valence-corrected chi connectivity index (χ2v) is 4.61. The third-order valence-electron chi connectivity index (χ3n) is 3.30. The van der Waals surface area contributed by atoms with E-state index in [4.69, 9.17) is 0 Å². The Morgan fingerprint density at radius 2 is 1.80 bits per heavy atom. The van der Waals surface area contributed by atoms with Gasteiger partial charge in [-0.15, -0.1) is 0 Å². The number of hydrogen-bond donors (Lipinski definition) is 0. The monoisotopic (exact) mass is 212 g/mol. The largest absolute Gasteiger partial charge is 0.469 e. The highest BCUT2D eigenvalue weighted by atomic mass is 16.5. The van der Waals surface area contributed by atoms with E-state index in [-0.39, 0.29) is 29.6 Å². The second-order valence-electron chi connectivity index (χ2n) is 4.61. The number of carbonyl (C=O) groups excluding carboxylic acids is 3. The van der Waals surface area contributed by atoms with E-state index in [1.807, 2.05) is 13.8 Å². The number of esters is 1. The smallest absolute Gasteiger partial charge is 0.309 e. The number of Topliss-reactive ketones (excluding diaryl/α,β-unsaturated/α-hetero) is 2. The van der Waals surface area contributed by atoms with Crippen molar-refractivity contribution in [3.63, 3.8) is 0 Å². The summed E-state index contributed by atoms with van der Waals surface area (Å²) in [7, 11) is 1.33. The van der Waals surface area contributed by atoms with Crippen LogP contribution in [0.1, 0.15) is 27.2 Å². The standard InChI is InChI=1S/C11H16O4/c1-6(12)8(13)5-7-9(10(14)15-4)11(7,2)3/h7,9H,5H2,1-4H3/t7-,9-/m1/s1. The molecule has 0 aromatic rings. The van der Waals surface area contributed by atoms with E-state index in [0.717, 1.165) is 0 Å². The zero-order chi connectivity index (χ0) is 11.8. The van der Waals surface area contributed by atoms with Crippen LogP contribution < -0.4 is 0 Å². The van der Waals surface area contributed by atoms with E-state index in [1.165, 1.54) is 14.0 Å². The Morgan fingerprint density at radius 1 is 1.27 bits per heavy atom. The molecule has 0 radical (unpaired) electrons. The topological polar surface area (TPSA) is 60.4 Å². The van der Waals surface area contributed by atoms with E-state index in [9.17, 15) is 14.4 Å². The van der Waals surface area contributed by atoms with Crippen molar-refractivity contribution in [1.82, 2.24) is 0 Å². The van der Waals surface area contributed by atoms with Crippen molar-refractivity contribution in [2.45, 2.75) is 27.2 Å². The van der Waals surface area contributed by atoms with Crippen LogP contribution in [-0.2, 0) is 19.1 Å². The van der Waals surface area contributed by atoms with Crippen LogP contribution in [0.4, 0.5) is 0 Å². The number of hydrogen-bond acceptors (Lipinski definition) is 4. The zero-order valence-corrected chi connectivity index (χ0v) is 9.49. The van der Waals surface area contributed by atoms with E-state index in [0.29, 0.717) is 0 Å². The van der Waals surface area contributed by atoms with Crippen molar-refractivity contribution in [3.8, 4) is 0 Å². The summed E-state index contributed by atoms with van der Waals surface area (Å²) in [4.78, 5) is 33.4. The molecule has 0 unspecified atom stereocenters. The quantitative estimate of drug-likeness (QED) is 0.515. The van der Waals surface area contributed by atoms with Gasteiger partial charge in [0, 0.05) is 13.3 Å². The molecule has 4 heteroatoms. The summed E-state index contributed by atoms with van der Waals surface area (Å²) in [6.45, 7) is 5.07. The van der Waals surface area contributed by atoms with E-state index >= 15 is 0 Å². The van der Waals surface area contributed by atoms with Crippen molar-refractivity contribution >= 4 is 17.5 Å². The molecule has 0 amide bonds. The molecule has 15 heavy (non-hydrogen) atoms. The molecule has 1 aliphatic carbocycles. The summed E-state index contributed by atoms with van der Waals surface area (Å²) >= 11 is 0. The molecule has 0 aromatic heterocycles. The average Bonchev–Trinajstić information content (AvgIpc) is 2.67. The normalized spacial score (nSPS) is 26.9. The molecular formula is C11H16O4. The zero-order valence-electron chi connectivity index (χ0n) is 9.49. The van der Waals surface area contributed by atoms with Gasteiger partial charge in [-0.05, 0) is 11.3 Å². The van der Waals surface area contributed by atoms with Crippen molar-refractivity contribution in [1.29, 1.82) is 0 Å². The van der Waals surface area contributed by atoms with E-state index in [2.05, 4.69) is 4.74 Å². The van der Waals surface area contributed by atoms with Crippen LogP contribution in [0.25, 0.3) is 0 Å². The van der Waals surface area contributed by atoms with Crippen LogP contribution in [0.3, 0.4) is 0 Å². The highest BCUT2D eigenvalue weighted by Crippen LogP contribution is 2.60. The van der Waals surface area contributed by atoms with Gasteiger partial charge in [-0.2, -0.15) is 0 Å². The van der Waals surface area contributed by atoms with Gasteiger partial charge in [0.1, 0.15) is 0 Å². The van der Waals surface area contributed by atoms with Crippen LogP contribution in [0.15, 0.2) is 0 Å². The minimum absolute atomic E-state index is 0.0543. The molecule has 0 spiro atoms. The van der Waals surface area contributed by atoms with Gasteiger partial charge in [0.25, 0.3) is 0 Å². The predicted molar refractivity (Wildman–Crippen MR) is 53.1 cm³/mol. The van der Waals surface area contributed by atoms with Gasteiger partial charge in [-0.3, -0.25) is 14.4 Å². The maximum Gasteiger partial charge on any atom is 0.309 e. The maximum absolute atomic E-state index is 11.3. The molecule has 0 heterocycles. The summed E-state index contributed by atoms with van der Waals surface area (Å²) in [6.07, 6.45) is 0.155. The van der Waals surface area contributed by atoms with Gasteiger partial charge in [0.2, 0.25) is 0 Å². The summed E-state index contributed by atoms with van der Waals surface area (Å²) in [5.41, 5.74) is -0.224. The molecule has 1 fully saturated rings. The maximum atomic E-state index is 11.3. The lowest BCUT2D eigenvalue weighted by atomic mass is 10.0. The fourth-order valence-corrected chi connectivity index (χ4v) is 2.06. The van der Waals surface area contributed by atoms with Crippen molar-refractivity contribution in [2.75, 3.05) is 7.11 Å². The number of methoxy groups -OCH3 is 1. The van der Waals surface area contributed by atoms with E-state index < -0.39 is 11.6 Å². The number of rotatable bonds is 4. The fraction of sp³-hybridized carbons (Fsp3) is 0.727. The first-order valence-electron chi connectivity index (χ1n) is 4.94. The SMILES string of the molecule is COC(=O)[C@H]1[C@@H](CC(=O)C(C)=O)C1(C)C. The molecule has 0 bridgehead atoms. The fourth-order valence-electron chi connectivity index (χ4n) is 2.06. The Morgan fingerprint density at radius 3 is 2.20 bits per heavy atom. The highest BCUT2D eigenvalue weighted by molar-refractivity contribution is 6.36. The second kappa shape index (κ2) is 3.76. The average molecular weight is 212 g/mol. The molecular weight excluding hydrogens is 196 g/mol. The molecule has 0 saturated heterocycles. The molecule has 4 nitrogen and oxygen atoms in total. The van der Waals surface area contributed by atoms with Gasteiger partial charge < -0.3 is 4.74 Å². The van der Waals surface area contributed by atoms with Crippen LogP contribution in [-0.4, -0.2) is 24.6 Å². The summed E-state index contributed by atoms with van der Waals surface area (Å²) < 4.78 is 4.65.